The molecular formula is C46H50N12O3. The second-order valence-electron chi connectivity index (χ2n) is 15.4. The Morgan fingerprint density at radius 3 is 2.03 bits per heavy atom. The number of hydrogen-bond donors (Lipinski definition) is 6. The molecule has 4 aromatic carbocycles. The van der Waals surface area contributed by atoms with Gasteiger partial charge in [0.25, 0.3) is 0 Å². The lowest BCUT2D eigenvalue weighted by Gasteiger charge is -2.36. The molecule has 0 bridgehead atoms. The van der Waals surface area contributed by atoms with Crippen molar-refractivity contribution in [3.63, 3.8) is 0 Å². The zero-order valence-electron chi connectivity index (χ0n) is 33.8. The number of carbonyl (C=O) groups is 1. The Labute approximate surface area is 354 Å². The van der Waals surface area contributed by atoms with E-state index < -0.39 is 0 Å². The zero-order chi connectivity index (χ0) is 42.3. The van der Waals surface area contributed by atoms with Crippen molar-refractivity contribution in [3.8, 4) is 34.3 Å². The van der Waals surface area contributed by atoms with Crippen molar-refractivity contribution in [2.75, 3.05) is 49.5 Å². The zero-order valence-corrected chi connectivity index (χ0v) is 33.8. The molecule has 2 aliphatic rings. The molecule has 2 fully saturated rings. The van der Waals surface area contributed by atoms with Crippen LogP contribution in [0.3, 0.4) is 0 Å². The number of rotatable bonds is 14. The number of nitrogens with zero attached hydrogens (tertiary/aromatic N) is 6. The largest absolute Gasteiger partial charge is 0.457 e. The van der Waals surface area contributed by atoms with E-state index in [1.807, 2.05) is 114 Å². The van der Waals surface area contributed by atoms with Crippen molar-refractivity contribution in [2.24, 2.45) is 5.73 Å². The molecule has 61 heavy (non-hydrogen) atoms. The Morgan fingerprint density at radius 1 is 0.754 bits per heavy atom. The Kier molecular flexibility index (Phi) is 12.2. The van der Waals surface area contributed by atoms with Gasteiger partial charge in [0.1, 0.15) is 58.3 Å². The Hall–Kier alpha value is -7.26. The predicted molar refractivity (Wildman–Crippen MR) is 237 cm³/mol. The van der Waals surface area contributed by atoms with Crippen LogP contribution in [-0.2, 0) is 4.79 Å². The van der Waals surface area contributed by atoms with E-state index in [-0.39, 0.29) is 35.4 Å². The molecule has 2 aromatic heterocycles. The Balaban J connectivity index is 0.875. The molecule has 312 valence electrons. The van der Waals surface area contributed by atoms with Gasteiger partial charge in [-0.2, -0.15) is 5.10 Å². The Bertz CT molecular complexity index is 2480. The van der Waals surface area contributed by atoms with E-state index in [2.05, 4.69) is 20.2 Å². The lowest BCUT2D eigenvalue weighted by Crippen LogP contribution is -2.46. The highest BCUT2D eigenvalue weighted by Gasteiger charge is 2.30. The third kappa shape index (κ3) is 9.47. The van der Waals surface area contributed by atoms with Crippen LogP contribution >= 0.6 is 0 Å². The molecule has 2 saturated heterocycles. The molecule has 1 unspecified atom stereocenters. The summed E-state index contributed by atoms with van der Waals surface area (Å²) in [6, 6.07) is 33.7. The highest BCUT2D eigenvalue weighted by atomic mass is 16.5. The SMILES string of the molecule is N=C(c1ccc(Oc2ccccc2)cc1)c1c(N)ncnc1N[C@@H]1CCCN(C(=O)CCN2CCCC(n3nc(-c4ccc(Oc5ccccc5)cc4)c(C(=N)N)c3N)C2)C1. The maximum absolute atomic E-state index is 13.7. The van der Waals surface area contributed by atoms with Gasteiger partial charge in [-0.15, -0.1) is 0 Å². The van der Waals surface area contributed by atoms with Crippen LogP contribution in [0.1, 0.15) is 54.8 Å². The van der Waals surface area contributed by atoms with Crippen LogP contribution in [-0.4, -0.2) is 85.8 Å². The van der Waals surface area contributed by atoms with Gasteiger partial charge in [0.2, 0.25) is 5.91 Å². The van der Waals surface area contributed by atoms with Crippen molar-refractivity contribution in [1.82, 2.24) is 29.5 Å². The number of anilines is 3. The highest BCUT2D eigenvalue weighted by Crippen LogP contribution is 2.34. The molecule has 15 heteroatoms. The number of amidine groups is 1. The number of carbonyl (C=O) groups excluding carboxylic acids is 1. The van der Waals surface area contributed by atoms with E-state index in [4.69, 9.17) is 42.6 Å². The topological polar surface area (TPSA) is 223 Å². The van der Waals surface area contributed by atoms with Crippen molar-refractivity contribution in [3.05, 3.63) is 132 Å². The predicted octanol–water partition coefficient (Wildman–Crippen LogP) is 6.92. The van der Waals surface area contributed by atoms with E-state index in [9.17, 15) is 4.79 Å². The minimum atomic E-state index is -0.145. The monoisotopic (exact) mass is 818 g/mol. The molecule has 6 aromatic rings. The van der Waals surface area contributed by atoms with Crippen LogP contribution in [0, 0.1) is 10.8 Å². The van der Waals surface area contributed by atoms with E-state index in [0.717, 1.165) is 49.3 Å². The molecule has 0 spiro atoms. The van der Waals surface area contributed by atoms with Gasteiger partial charge in [-0.3, -0.25) is 15.6 Å². The van der Waals surface area contributed by atoms with E-state index >= 15 is 0 Å². The number of piperidine rings is 2. The molecule has 0 aliphatic carbocycles. The van der Waals surface area contributed by atoms with Crippen LogP contribution in [0.25, 0.3) is 11.3 Å². The van der Waals surface area contributed by atoms with Gasteiger partial charge >= 0.3 is 0 Å². The molecule has 4 heterocycles. The molecule has 1 amide bonds. The summed E-state index contributed by atoms with van der Waals surface area (Å²) in [7, 11) is 0. The van der Waals surface area contributed by atoms with Crippen LogP contribution in [0.15, 0.2) is 116 Å². The summed E-state index contributed by atoms with van der Waals surface area (Å²) in [5, 5.41) is 25.8. The van der Waals surface area contributed by atoms with Crippen LogP contribution in [0.2, 0.25) is 0 Å². The summed E-state index contributed by atoms with van der Waals surface area (Å²) in [6.07, 6.45) is 5.19. The van der Waals surface area contributed by atoms with Gasteiger partial charge < -0.3 is 41.8 Å². The molecular weight excluding hydrogens is 769 g/mol. The van der Waals surface area contributed by atoms with Crippen molar-refractivity contribution < 1.29 is 14.3 Å². The summed E-state index contributed by atoms with van der Waals surface area (Å²) in [4.78, 5) is 26.6. The first kappa shape index (κ1) is 40.5. The van der Waals surface area contributed by atoms with Gasteiger partial charge in [0.15, 0.2) is 0 Å². The van der Waals surface area contributed by atoms with Gasteiger partial charge in [0, 0.05) is 49.8 Å². The number of ether oxygens (including phenoxy) is 2. The number of para-hydroxylation sites is 2. The van der Waals surface area contributed by atoms with Crippen LogP contribution < -0.4 is 32.0 Å². The number of hydrogen-bond acceptors (Lipinski definition) is 12. The van der Waals surface area contributed by atoms with E-state index in [0.29, 0.717) is 78.1 Å². The summed E-state index contributed by atoms with van der Waals surface area (Å²) in [5.74, 6) is 3.75. The maximum Gasteiger partial charge on any atom is 0.223 e. The second-order valence-corrected chi connectivity index (χ2v) is 15.4. The summed E-state index contributed by atoms with van der Waals surface area (Å²) < 4.78 is 13.7. The molecule has 0 saturated carbocycles. The van der Waals surface area contributed by atoms with Gasteiger partial charge in [-0.1, -0.05) is 36.4 Å². The first-order valence-corrected chi connectivity index (χ1v) is 20.5. The third-order valence-corrected chi connectivity index (χ3v) is 11.2. The second kappa shape index (κ2) is 18.3. The first-order valence-electron chi connectivity index (χ1n) is 20.5. The summed E-state index contributed by atoms with van der Waals surface area (Å²) >= 11 is 0. The highest BCUT2D eigenvalue weighted by molar-refractivity contribution is 6.16. The number of amides is 1. The number of benzene rings is 4. The Morgan fingerprint density at radius 2 is 1.38 bits per heavy atom. The number of likely N-dealkylation sites (tertiary alicyclic amines) is 2. The minimum absolute atomic E-state index is 0.0475. The average Bonchev–Trinajstić information content (AvgIpc) is 3.64. The smallest absolute Gasteiger partial charge is 0.223 e. The maximum atomic E-state index is 13.7. The fourth-order valence-electron chi connectivity index (χ4n) is 8.07. The first-order chi connectivity index (χ1) is 29.7. The van der Waals surface area contributed by atoms with Crippen molar-refractivity contribution >= 4 is 34.9 Å². The molecule has 0 radical (unpaired) electrons. The van der Waals surface area contributed by atoms with Gasteiger partial charge in [-0.05, 0) is 105 Å². The fraction of sp³-hybridized carbons (Fsp3) is 0.261. The summed E-state index contributed by atoms with van der Waals surface area (Å²) in [6.45, 7) is 3.29. The fourth-order valence-corrected chi connectivity index (χ4v) is 8.07. The van der Waals surface area contributed by atoms with Crippen LogP contribution in [0.4, 0.5) is 17.5 Å². The number of aromatic nitrogens is 4. The molecule has 2 atom stereocenters. The standard InChI is InChI=1S/C46H50N12O3/c47-41(30-15-19-36(20-16-30)60-34-11-3-1-4-12-34)39-44(50)52-29-53-46(39)54-32-9-7-25-57(27-32)38(59)23-26-56-24-8-10-33(28-56)58-45(51)40(43(48)49)42(55-58)31-17-21-37(22-18-31)61-35-13-5-2-6-14-35/h1-6,11-22,29,32-33,47H,7-10,23-28,51H2,(H3,48,49)(H3,50,52,53,54)/t32-,33?/m1/s1. The van der Waals surface area contributed by atoms with Crippen molar-refractivity contribution in [2.45, 2.75) is 44.2 Å². The lowest BCUT2D eigenvalue weighted by atomic mass is 10.0. The third-order valence-electron chi connectivity index (χ3n) is 11.2. The number of nitrogen functional groups attached to an aromatic ring is 3. The molecule has 8 rings (SSSR count). The quantitative estimate of drug-likeness (QED) is 0.0489. The number of nitrogens with one attached hydrogen (secondary N) is 3. The normalized spacial score (nSPS) is 16.8. The molecule has 2 aliphatic heterocycles. The lowest BCUT2D eigenvalue weighted by molar-refractivity contribution is -0.132. The minimum Gasteiger partial charge on any atom is -0.457 e. The summed E-state index contributed by atoms with van der Waals surface area (Å²) in [5.41, 5.74) is 22.1. The van der Waals surface area contributed by atoms with Gasteiger partial charge in [-0.25, -0.2) is 14.6 Å². The number of nitrogens with two attached hydrogens (primary N) is 3. The molecule has 15 nitrogen and oxygen atoms in total. The van der Waals surface area contributed by atoms with Crippen LogP contribution in [0.5, 0.6) is 23.0 Å². The van der Waals surface area contributed by atoms with Crippen molar-refractivity contribution in [1.29, 1.82) is 10.8 Å². The van der Waals surface area contributed by atoms with E-state index in [1.165, 1.54) is 6.33 Å². The van der Waals surface area contributed by atoms with Gasteiger partial charge in [0.05, 0.1) is 22.9 Å². The average molecular weight is 819 g/mol. The molecule has 9 N–H and O–H groups in total. The van der Waals surface area contributed by atoms with E-state index in [1.54, 1.807) is 4.68 Å².